The van der Waals surface area contributed by atoms with Crippen LogP contribution in [0.5, 0.6) is 0 Å². The first-order valence-electron chi connectivity index (χ1n) is 7.71. The maximum atomic E-state index is 13.0. The van der Waals surface area contributed by atoms with Crippen molar-refractivity contribution in [3.63, 3.8) is 0 Å². The molecule has 0 bridgehead atoms. The number of nitrogens with zero attached hydrogens (tertiary/aromatic N) is 1. The highest BCUT2D eigenvalue weighted by molar-refractivity contribution is 7.17. The van der Waals surface area contributed by atoms with Crippen molar-refractivity contribution in [2.45, 2.75) is 20.3 Å². The Hall–Kier alpha value is -2.53. The van der Waals surface area contributed by atoms with Crippen molar-refractivity contribution in [1.29, 1.82) is 0 Å². The molecule has 1 heterocycles. The van der Waals surface area contributed by atoms with E-state index >= 15 is 0 Å². The van der Waals surface area contributed by atoms with Gasteiger partial charge in [0, 0.05) is 11.3 Å². The molecule has 0 atom stereocenters. The Morgan fingerprint density at radius 1 is 1.17 bits per heavy atom. The molecular formula is C19H17FN2OS. The molecule has 122 valence electrons. The van der Waals surface area contributed by atoms with Crippen LogP contribution in [0, 0.1) is 12.7 Å². The number of aromatic nitrogens is 1. The van der Waals surface area contributed by atoms with Gasteiger partial charge in [0.1, 0.15) is 15.7 Å². The molecule has 3 rings (SSSR count). The van der Waals surface area contributed by atoms with Gasteiger partial charge in [0.15, 0.2) is 0 Å². The average molecular weight is 340 g/mol. The molecule has 3 aromatic rings. The lowest BCUT2D eigenvalue weighted by Gasteiger charge is -2.08. The fourth-order valence-electron chi connectivity index (χ4n) is 2.45. The Bertz CT molecular complexity index is 871. The molecular weight excluding hydrogens is 323 g/mol. The number of benzene rings is 2. The molecule has 1 aromatic heterocycles. The number of amides is 1. The molecule has 0 unspecified atom stereocenters. The fourth-order valence-corrected chi connectivity index (χ4v) is 3.42. The molecule has 5 heteroatoms. The summed E-state index contributed by atoms with van der Waals surface area (Å²) in [7, 11) is 0. The standard InChI is InChI=1S/C19H17FN2OS/c1-3-13-6-4-5-7-16(13)22-18(23)17-12(2)21-19(24-17)14-8-10-15(20)11-9-14/h4-11H,3H2,1-2H3,(H,22,23). The van der Waals surface area contributed by atoms with Crippen LogP contribution in [0.15, 0.2) is 48.5 Å². The average Bonchev–Trinajstić information content (AvgIpc) is 2.98. The van der Waals surface area contributed by atoms with E-state index in [1.807, 2.05) is 31.2 Å². The molecule has 2 aromatic carbocycles. The van der Waals surface area contributed by atoms with E-state index in [1.54, 1.807) is 12.1 Å². The van der Waals surface area contributed by atoms with Crippen LogP contribution >= 0.6 is 11.3 Å². The number of aryl methyl sites for hydroxylation is 2. The summed E-state index contributed by atoms with van der Waals surface area (Å²) in [5.41, 5.74) is 3.39. The quantitative estimate of drug-likeness (QED) is 0.720. The van der Waals surface area contributed by atoms with E-state index in [1.165, 1.54) is 23.5 Å². The third-order valence-electron chi connectivity index (χ3n) is 3.74. The van der Waals surface area contributed by atoms with E-state index < -0.39 is 0 Å². The van der Waals surface area contributed by atoms with E-state index in [9.17, 15) is 9.18 Å². The van der Waals surface area contributed by atoms with Gasteiger partial charge in [-0.25, -0.2) is 9.37 Å². The molecule has 0 aliphatic heterocycles. The number of carbonyl (C=O) groups is 1. The van der Waals surface area contributed by atoms with Crippen molar-refractivity contribution in [2.24, 2.45) is 0 Å². The number of hydrogen-bond acceptors (Lipinski definition) is 3. The first kappa shape index (κ1) is 16.3. The van der Waals surface area contributed by atoms with Gasteiger partial charge in [-0.2, -0.15) is 0 Å². The first-order chi connectivity index (χ1) is 11.6. The molecule has 0 spiro atoms. The maximum Gasteiger partial charge on any atom is 0.267 e. The van der Waals surface area contributed by atoms with Crippen LogP contribution in [0.4, 0.5) is 10.1 Å². The van der Waals surface area contributed by atoms with Crippen molar-refractivity contribution >= 4 is 22.9 Å². The minimum atomic E-state index is -0.291. The van der Waals surface area contributed by atoms with Crippen molar-refractivity contribution in [3.8, 4) is 10.6 Å². The molecule has 1 amide bonds. The second kappa shape index (κ2) is 6.93. The normalized spacial score (nSPS) is 10.6. The topological polar surface area (TPSA) is 42.0 Å². The third kappa shape index (κ3) is 3.36. The highest BCUT2D eigenvalue weighted by atomic mass is 32.1. The number of anilines is 1. The molecule has 1 N–H and O–H groups in total. The predicted octanol–water partition coefficient (Wildman–Crippen LogP) is 5.07. The summed E-state index contributed by atoms with van der Waals surface area (Å²) in [6, 6.07) is 13.9. The molecule has 0 saturated carbocycles. The first-order valence-corrected chi connectivity index (χ1v) is 8.52. The summed E-state index contributed by atoms with van der Waals surface area (Å²) >= 11 is 1.31. The Morgan fingerprint density at radius 2 is 1.88 bits per heavy atom. The Balaban J connectivity index is 1.87. The van der Waals surface area contributed by atoms with E-state index in [-0.39, 0.29) is 11.7 Å². The molecule has 0 aliphatic carbocycles. The second-order valence-electron chi connectivity index (χ2n) is 5.41. The van der Waals surface area contributed by atoms with Gasteiger partial charge in [0.2, 0.25) is 0 Å². The smallest absolute Gasteiger partial charge is 0.267 e. The second-order valence-corrected chi connectivity index (χ2v) is 6.40. The van der Waals surface area contributed by atoms with E-state index in [0.717, 1.165) is 23.2 Å². The molecule has 0 radical (unpaired) electrons. The largest absolute Gasteiger partial charge is 0.321 e. The lowest BCUT2D eigenvalue weighted by Crippen LogP contribution is -2.12. The van der Waals surface area contributed by atoms with E-state index in [0.29, 0.717) is 15.6 Å². The summed E-state index contributed by atoms with van der Waals surface area (Å²) < 4.78 is 13.0. The summed E-state index contributed by atoms with van der Waals surface area (Å²) in [4.78, 5) is 17.6. The number of hydrogen-bond donors (Lipinski definition) is 1. The zero-order valence-electron chi connectivity index (χ0n) is 13.5. The van der Waals surface area contributed by atoms with E-state index in [2.05, 4.69) is 17.2 Å². The van der Waals surface area contributed by atoms with Crippen LogP contribution in [0.2, 0.25) is 0 Å². The number of halogens is 1. The predicted molar refractivity (Wildman–Crippen MR) is 96.0 cm³/mol. The SMILES string of the molecule is CCc1ccccc1NC(=O)c1sc(-c2ccc(F)cc2)nc1C. The minimum Gasteiger partial charge on any atom is -0.321 e. The molecule has 24 heavy (non-hydrogen) atoms. The number of para-hydroxylation sites is 1. The zero-order chi connectivity index (χ0) is 17.1. The van der Waals surface area contributed by atoms with Crippen LogP contribution in [0.1, 0.15) is 27.9 Å². The van der Waals surface area contributed by atoms with Gasteiger partial charge >= 0.3 is 0 Å². The van der Waals surface area contributed by atoms with Gasteiger partial charge in [0.25, 0.3) is 5.91 Å². The molecule has 3 nitrogen and oxygen atoms in total. The number of rotatable bonds is 4. The number of carbonyl (C=O) groups excluding carboxylic acids is 1. The fraction of sp³-hybridized carbons (Fsp3) is 0.158. The van der Waals surface area contributed by atoms with Crippen molar-refractivity contribution in [1.82, 2.24) is 4.98 Å². The Kier molecular flexibility index (Phi) is 4.71. The van der Waals surface area contributed by atoms with Gasteiger partial charge in [-0.1, -0.05) is 25.1 Å². The van der Waals surface area contributed by atoms with Gasteiger partial charge in [-0.15, -0.1) is 11.3 Å². The lowest BCUT2D eigenvalue weighted by molar-refractivity contribution is 0.102. The van der Waals surface area contributed by atoms with Crippen LogP contribution in [0.3, 0.4) is 0 Å². The molecule has 0 fully saturated rings. The Morgan fingerprint density at radius 3 is 2.58 bits per heavy atom. The van der Waals surface area contributed by atoms with Gasteiger partial charge in [-0.05, 0) is 49.2 Å². The highest BCUT2D eigenvalue weighted by Gasteiger charge is 2.17. The maximum absolute atomic E-state index is 13.0. The van der Waals surface area contributed by atoms with Gasteiger partial charge in [-0.3, -0.25) is 4.79 Å². The number of thiazole rings is 1. The third-order valence-corrected chi connectivity index (χ3v) is 4.95. The van der Waals surface area contributed by atoms with Crippen molar-refractivity contribution < 1.29 is 9.18 Å². The zero-order valence-corrected chi connectivity index (χ0v) is 14.3. The summed E-state index contributed by atoms with van der Waals surface area (Å²) in [6.07, 6.45) is 0.846. The summed E-state index contributed by atoms with van der Waals surface area (Å²) in [6.45, 7) is 3.86. The molecule has 0 aliphatic rings. The van der Waals surface area contributed by atoms with Crippen molar-refractivity contribution in [3.05, 3.63) is 70.5 Å². The molecule has 0 saturated heterocycles. The van der Waals surface area contributed by atoms with Crippen LogP contribution in [0.25, 0.3) is 10.6 Å². The minimum absolute atomic E-state index is 0.167. The summed E-state index contributed by atoms with van der Waals surface area (Å²) in [5.74, 6) is -0.458. The van der Waals surface area contributed by atoms with Gasteiger partial charge < -0.3 is 5.32 Å². The van der Waals surface area contributed by atoms with Crippen LogP contribution in [-0.2, 0) is 6.42 Å². The van der Waals surface area contributed by atoms with Gasteiger partial charge in [0.05, 0.1) is 5.69 Å². The van der Waals surface area contributed by atoms with Crippen molar-refractivity contribution in [2.75, 3.05) is 5.32 Å². The monoisotopic (exact) mass is 340 g/mol. The van der Waals surface area contributed by atoms with Crippen LogP contribution < -0.4 is 5.32 Å². The lowest BCUT2D eigenvalue weighted by atomic mass is 10.1. The summed E-state index contributed by atoms with van der Waals surface area (Å²) in [5, 5.41) is 3.67. The van der Waals surface area contributed by atoms with Crippen LogP contribution in [-0.4, -0.2) is 10.9 Å². The Labute approximate surface area is 144 Å². The highest BCUT2D eigenvalue weighted by Crippen LogP contribution is 2.29. The number of nitrogens with one attached hydrogen (secondary N) is 1. The van der Waals surface area contributed by atoms with E-state index in [4.69, 9.17) is 0 Å².